The molecule has 0 aromatic heterocycles. The highest BCUT2D eigenvalue weighted by Gasteiger charge is 2.30. The zero-order chi connectivity index (χ0) is 17.4. The van der Waals surface area contributed by atoms with Crippen LogP contribution in [0.15, 0.2) is 30.3 Å². The molecule has 24 heavy (non-hydrogen) atoms. The van der Waals surface area contributed by atoms with Crippen LogP contribution in [0, 0.1) is 0 Å². The van der Waals surface area contributed by atoms with Gasteiger partial charge in [0.1, 0.15) is 0 Å². The molecule has 1 heterocycles. The Morgan fingerprint density at radius 1 is 1.21 bits per heavy atom. The first-order valence-corrected chi connectivity index (χ1v) is 8.31. The van der Waals surface area contributed by atoms with E-state index in [0.29, 0.717) is 12.1 Å². The van der Waals surface area contributed by atoms with Gasteiger partial charge in [-0.25, -0.2) is 0 Å². The largest absolute Gasteiger partial charge is 0.416 e. The van der Waals surface area contributed by atoms with Crippen molar-refractivity contribution >= 4 is 12.0 Å². The Morgan fingerprint density at radius 2 is 1.96 bits per heavy atom. The summed E-state index contributed by atoms with van der Waals surface area (Å²) in [5.41, 5.74) is -0.361. The van der Waals surface area contributed by atoms with Gasteiger partial charge in [-0.05, 0) is 62.7 Å². The van der Waals surface area contributed by atoms with Crippen LogP contribution < -0.4 is 5.32 Å². The standard InChI is InChI=1S/C18H23F3N2O/c19-18(20,21)16-7-4-6-15(14-16)8-9-17(24)22-10-5-13-23-11-2-1-3-12-23/h4,6-9,14H,1-3,5,10-13H2,(H,22,24)/b9-8+. The quantitative estimate of drug-likeness (QED) is 0.632. The van der Waals surface area contributed by atoms with Crippen molar-refractivity contribution in [1.29, 1.82) is 0 Å². The van der Waals surface area contributed by atoms with Crippen molar-refractivity contribution in [3.05, 3.63) is 41.5 Å². The number of carbonyl (C=O) groups is 1. The van der Waals surface area contributed by atoms with E-state index in [2.05, 4.69) is 10.2 Å². The first-order chi connectivity index (χ1) is 11.4. The first kappa shape index (κ1) is 18.5. The van der Waals surface area contributed by atoms with Crippen molar-refractivity contribution in [2.45, 2.75) is 31.9 Å². The maximum absolute atomic E-state index is 12.6. The molecule has 1 aliphatic rings. The topological polar surface area (TPSA) is 32.3 Å². The average Bonchev–Trinajstić information content (AvgIpc) is 2.57. The van der Waals surface area contributed by atoms with Crippen LogP contribution >= 0.6 is 0 Å². The minimum atomic E-state index is -4.37. The third-order valence-electron chi connectivity index (χ3n) is 4.04. The molecule has 1 saturated heterocycles. The number of benzene rings is 1. The van der Waals surface area contributed by atoms with Crippen molar-refractivity contribution in [3.8, 4) is 0 Å². The van der Waals surface area contributed by atoms with Crippen LogP contribution in [0.25, 0.3) is 6.08 Å². The van der Waals surface area contributed by atoms with Crippen LogP contribution in [0.1, 0.15) is 36.8 Å². The number of halogens is 3. The summed E-state index contributed by atoms with van der Waals surface area (Å²) in [5, 5.41) is 2.76. The molecule has 6 heteroatoms. The molecule has 1 amide bonds. The van der Waals surface area contributed by atoms with Crippen molar-refractivity contribution in [3.63, 3.8) is 0 Å². The van der Waals surface area contributed by atoms with Gasteiger partial charge in [0.05, 0.1) is 5.56 Å². The summed E-state index contributed by atoms with van der Waals surface area (Å²) in [6.45, 7) is 3.80. The summed E-state index contributed by atoms with van der Waals surface area (Å²) in [4.78, 5) is 14.1. The van der Waals surface area contributed by atoms with Gasteiger partial charge in [0, 0.05) is 12.6 Å². The van der Waals surface area contributed by atoms with Gasteiger partial charge in [-0.15, -0.1) is 0 Å². The number of piperidine rings is 1. The fourth-order valence-corrected chi connectivity index (χ4v) is 2.75. The number of hydrogen-bond donors (Lipinski definition) is 1. The van der Waals surface area contributed by atoms with E-state index in [1.165, 1.54) is 43.5 Å². The molecule has 1 aromatic carbocycles. The zero-order valence-corrected chi connectivity index (χ0v) is 13.6. The lowest BCUT2D eigenvalue weighted by Crippen LogP contribution is -2.33. The number of carbonyl (C=O) groups excluding carboxylic acids is 1. The zero-order valence-electron chi connectivity index (χ0n) is 13.6. The van der Waals surface area contributed by atoms with Crippen LogP contribution in [0.4, 0.5) is 13.2 Å². The summed E-state index contributed by atoms with van der Waals surface area (Å²) in [7, 11) is 0. The van der Waals surface area contributed by atoms with Gasteiger partial charge in [0.25, 0.3) is 0 Å². The average molecular weight is 340 g/mol. The summed E-state index contributed by atoms with van der Waals surface area (Å²) < 4.78 is 37.9. The van der Waals surface area contributed by atoms with E-state index in [-0.39, 0.29) is 5.91 Å². The number of nitrogens with one attached hydrogen (secondary N) is 1. The Balaban J connectivity index is 1.72. The highest BCUT2D eigenvalue weighted by molar-refractivity contribution is 5.91. The van der Waals surface area contributed by atoms with Gasteiger partial charge < -0.3 is 10.2 Å². The molecule has 1 N–H and O–H groups in total. The smallest absolute Gasteiger partial charge is 0.353 e. The summed E-state index contributed by atoms with van der Waals surface area (Å²) >= 11 is 0. The van der Waals surface area contributed by atoms with Crippen molar-refractivity contribution in [2.75, 3.05) is 26.2 Å². The number of amides is 1. The minimum absolute atomic E-state index is 0.286. The Labute approximate surface area is 140 Å². The van der Waals surface area contributed by atoms with Gasteiger partial charge in [-0.3, -0.25) is 4.79 Å². The summed E-state index contributed by atoms with van der Waals surface area (Å²) in [6.07, 6.45) is 2.96. The second kappa shape index (κ2) is 8.87. The second-order valence-electron chi connectivity index (χ2n) is 6.00. The lowest BCUT2D eigenvalue weighted by molar-refractivity contribution is -0.137. The van der Waals surface area contributed by atoms with Crippen LogP contribution in [0.2, 0.25) is 0 Å². The van der Waals surface area contributed by atoms with E-state index in [4.69, 9.17) is 0 Å². The van der Waals surface area contributed by atoms with Crippen LogP contribution in [0.5, 0.6) is 0 Å². The van der Waals surface area contributed by atoms with Crippen LogP contribution in [0.3, 0.4) is 0 Å². The summed E-state index contributed by atoms with van der Waals surface area (Å²) in [5.74, 6) is -0.286. The molecule has 0 spiro atoms. The molecule has 0 aliphatic carbocycles. The number of hydrogen-bond acceptors (Lipinski definition) is 2. The molecule has 3 nitrogen and oxygen atoms in total. The number of likely N-dealkylation sites (tertiary alicyclic amines) is 1. The van der Waals surface area contributed by atoms with Gasteiger partial charge >= 0.3 is 6.18 Å². The molecular formula is C18H23F3N2O. The molecule has 2 rings (SSSR count). The maximum atomic E-state index is 12.6. The SMILES string of the molecule is O=C(/C=C/c1cccc(C(F)(F)F)c1)NCCCN1CCCCC1. The Bertz CT molecular complexity index is 564. The van der Waals surface area contributed by atoms with Gasteiger partial charge in [-0.1, -0.05) is 18.6 Å². The van der Waals surface area contributed by atoms with E-state index < -0.39 is 11.7 Å². The molecule has 1 aliphatic heterocycles. The van der Waals surface area contributed by atoms with E-state index in [0.717, 1.165) is 38.2 Å². The lowest BCUT2D eigenvalue weighted by atomic mass is 10.1. The lowest BCUT2D eigenvalue weighted by Gasteiger charge is -2.26. The monoisotopic (exact) mass is 340 g/mol. The van der Waals surface area contributed by atoms with Gasteiger partial charge in [0.15, 0.2) is 0 Å². The molecule has 0 saturated carbocycles. The number of rotatable bonds is 6. The maximum Gasteiger partial charge on any atom is 0.416 e. The van der Waals surface area contributed by atoms with Crippen molar-refractivity contribution in [2.24, 2.45) is 0 Å². The highest BCUT2D eigenvalue weighted by atomic mass is 19.4. The fourth-order valence-electron chi connectivity index (χ4n) is 2.75. The van der Waals surface area contributed by atoms with Crippen LogP contribution in [-0.2, 0) is 11.0 Å². The third kappa shape index (κ3) is 6.35. The molecule has 0 bridgehead atoms. The van der Waals surface area contributed by atoms with Crippen molar-refractivity contribution in [1.82, 2.24) is 10.2 Å². The number of alkyl halides is 3. The second-order valence-corrected chi connectivity index (χ2v) is 6.00. The molecule has 132 valence electrons. The molecule has 0 atom stereocenters. The van der Waals surface area contributed by atoms with Crippen molar-refractivity contribution < 1.29 is 18.0 Å². The third-order valence-corrected chi connectivity index (χ3v) is 4.04. The molecule has 0 unspecified atom stereocenters. The van der Waals surface area contributed by atoms with E-state index in [1.807, 2.05) is 0 Å². The first-order valence-electron chi connectivity index (χ1n) is 8.31. The van der Waals surface area contributed by atoms with Gasteiger partial charge in [-0.2, -0.15) is 13.2 Å². The normalized spacial score (nSPS) is 16.5. The van der Waals surface area contributed by atoms with E-state index in [1.54, 1.807) is 0 Å². The Morgan fingerprint density at radius 3 is 2.67 bits per heavy atom. The predicted molar refractivity (Wildman–Crippen MR) is 88.4 cm³/mol. The van der Waals surface area contributed by atoms with Crippen LogP contribution in [-0.4, -0.2) is 37.0 Å². The Hall–Kier alpha value is -1.82. The van der Waals surface area contributed by atoms with E-state index in [9.17, 15) is 18.0 Å². The molecule has 0 radical (unpaired) electrons. The van der Waals surface area contributed by atoms with E-state index >= 15 is 0 Å². The van der Waals surface area contributed by atoms with Gasteiger partial charge in [0.2, 0.25) is 5.91 Å². The number of nitrogens with zero attached hydrogens (tertiary/aromatic N) is 1. The predicted octanol–water partition coefficient (Wildman–Crippen LogP) is 3.71. The molecular weight excluding hydrogens is 317 g/mol. The minimum Gasteiger partial charge on any atom is -0.353 e. The molecule has 1 aromatic rings. The summed E-state index contributed by atoms with van der Waals surface area (Å²) in [6, 6.07) is 4.91. The molecule has 1 fully saturated rings. The Kier molecular flexibility index (Phi) is 6.85. The highest BCUT2D eigenvalue weighted by Crippen LogP contribution is 2.29. The fraction of sp³-hybridized carbons (Fsp3) is 0.500.